The number of aliphatic imine (C=N–C) groups is 1. The Labute approximate surface area is 129 Å². The summed E-state index contributed by atoms with van der Waals surface area (Å²) in [6, 6.07) is 9.56. The lowest BCUT2D eigenvalue weighted by Gasteiger charge is -2.05. The molecule has 1 aliphatic heterocycles. The Morgan fingerprint density at radius 2 is 2.18 bits per heavy atom. The first kappa shape index (κ1) is 14.8. The van der Waals surface area contributed by atoms with Crippen LogP contribution in [0.5, 0.6) is 0 Å². The van der Waals surface area contributed by atoms with Crippen molar-refractivity contribution in [3.63, 3.8) is 0 Å². The minimum atomic E-state index is -0.0581. The number of nitrogens with one attached hydrogen (secondary N) is 1. The fraction of sp³-hybridized carbons (Fsp3) is 0.412. The van der Waals surface area contributed by atoms with E-state index >= 15 is 0 Å². The minimum absolute atomic E-state index is 0.0581. The molecule has 0 radical (unpaired) electrons. The second-order valence-corrected chi connectivity index (χ2v) is 5.65. The van der Waals surface area contributed by atoms with Gasteiger partial charge in [0.15, 0.2) is 0 Å². The second kappa shape index (κ2) is 6.32. The van der Waals surface area contributed by atoms with Gasteiger partial charge in [-0.15, -0.1) is 0 Å². The number of nitrogens with zero attached hydrogens (tertiary/aromatic N) is 2. The van der Waals surface area contributed by atoms with Gasteiger partial charge >= 0.3 is 0 Å². The number of aromatic amines is 1. The topological polar surface area (TPSA) is 59.4 Å². The fourth-order valence-corrected chi connectivity index (χ4v) is 2.84. The van der Waals surface area contributed by atoms with E-state index in [4.69, 9.17) is 4.74 Å². The summed E-state index contributed by atoms with van der Waals surface area (Å²) in [4.78, 5) is 17.2. The van der Waals surface area contributed by atoms with Gasteiger partial charge in [0.05, 0.1) is 23.9 Å². The van der Waals surface area contributed by atoms with Crippen LogP contribution in [0.25, 0.3) is 5.69 Å². The Balaban J connectivity index is 1.89. The molecule has 1 aliphatic rings. The Morgan fingerprint density at radius 3 is 2.86 bits per heavy atom. The van der Waals surface area contributed by atoms with E-state index in [0.717, 1.165) is 36.5 Å². The van der Waals surface area contributed by atoms with Gasteiger partial charge in [0, 0.05) is 18.0 Å². The first-order valence-corrected chi connectivity index (χ1v) is 7.67. The van der Waals surface area contributed by atoms with Crippen molar-refractivity contribution in [3.05, 3.63) is 51.9 Å². The lowest BCUT2D eigenvalue weighted by atomic mass is 10.1. The quantitative estimate of drug-likeness (QED) is 0.882. The van der Waals surface area contributed by atoms with Crippen molar-refractivity contribution in [2.75, 3.05) is 13.2 Å². The number of ether oxygens (including phenoxy) is 1. The molecule has 0 bridgehead atoms. The molecule has 1 aromatic heterocycles. The lowest BCUT2D eigenvalue weighted by molar-refractivity contribution is 0.118. The van der Waals surface area contributed by atoms with E-state index in [1.54, 1.807) is 4.68 Å². The maximum atomic E-state index is 12.6. The standard InChI is InChI=1S/C17H21N3O2/c1-12(18-11-15-9-6-10-22-15)16-13(2)19-20(17(16)21)14-7-4-3-5-8-14/h3-5,7-8,15,19H,6,9-11H2,1-2H3/t15-/m0/s1. The van der Waals surface area contributed by atoms with Gasteiger partial charge in [-0.3, -0.25) is 14.9 Å². The molecule has 0 spiro atoms. The molecule has 1 N–H and O–H groups in total. The molecule has 3 rings (SSSR count). The zero-order chi connectivity index (χ0) is 15.5. The van der Waals surface area contributed by atoms with Crippen LogP contribution in [0.4, 0.5) is 0 Å². The van der Waals surface area contributed by atoms with Crippen LogP contribution in [0.1, 0.15) is 31.0 Å². The summed E-state index contributed by atoms with van der Waals surface area (Å²) in [5, 5.41) is 3.13. The van der Waals surface area contributed by atoms with Gasteiger partial charge in [-0.05, 0) is 38.8 Å². The second-order valence-electron chi connectivity index (χ2n) is 5.65. The molecule has 1 atom stereocenters. The predicted molar refractivity (Wildman–Crippen MR) is 87.2 cm³/mol. The van der Waals surface area contributed by atoms with Crippen molar-refractivity contribution in [2.45, 2.75) is 32.8 Å². The van der Waals surface area contributed by atoms with Crippen molar-refractivity contribution >= 4 is 5.71 Å². The van der Waals surface area contributed by atoms with Crippen LogP contribution in [-0.4, -0.2) is 34.7 Å². The number of aryl methyl sites for hydroxylation is 1. The zero-order valence-corrected chi connectivity index (χ0v) is 13.0. The molecule has 5 nitrogen and oxygen atoms in total. The van der Waals surface area contributed by atoms with E-state index in [0.29, 0.717) is 12.1 Å². The van der Waals surface area contributed by atoms with E-state index in [2.05, 4.69) is 10.1 Å². The number of hydrogen-bond donors (Lipinski definition) is 1. The van der Waals surface area contributed by atoms with Gasteiger partial charge < -0.3 is 4.74 Å². The first-order chi connectivity index (χ1) is 10.7. The van der Waals surface area contributed by atoms with Gasteiger partial charge in [0.2, 0.25) is 0 Å². The summed E-state index contributed by atoms with van der Waals surface area (Å²) in [6.45, 7) is 5.24. The molecule has 2 aromatic rings. The highest BCUT2D eigenvalue weighted by molar-refractivity contribution is 5.99. The monoisotopic (exact) mass is 299 g/mol. The highest BCUT2D eigenvalue weighted by Gasteiger charge is 2.17. The highest BCUT2D eigenvalue weighted by Crippen LogP contribution is 2.13. The third-order valence-electron chi connectivity index (χ3n) is 4.00. The lowest BCUT2D eigenvalue weighted by Crippen LogP contribution is -2.20. The minimum Gasteiger partial charge on any atom is -0.376 e. The summed E-state index contributed by atoms with van der Waals surface area (Å²) in [6.07, 6.45) is 2.35. The van der Waals surface area contributed by atoms with Crippen LogP contribution in [0, 0.1) is 6.92 Å². The van der Waals surface area contributed by atoms with Crippen molar-refractivity contribution < 1.29 is 4.74 Å². The fourth-order valence-electron chi connectivity index (χ4n) is 2.84. The van der Waals surface area contributed by atoms with Gasteiger partial charge in [0.1, 0.15) is 0 Å². The molecule has 0 unspecified atom stereocenters. The smallest absolute Gasteiger partial charge is 0.280 e. The number of hydrogen-bond acceptors (Lipinski definition) is 3. The number of benzene rings is 1. The summed E-state index contributed by atoms with van der Waals surface area (Å²) < 4.78 is 7.14. The molecule has 0 saturated carbocycles. The zero-order valence-electron chi connectivity index (χ0n) is 13.0. The predicted octanol–water partition coefficient (Wildman–Crippen LogP) is 2.46. The molecule has 1 aromatic carbocycles. The van der Waals surface area contributed by atoms with Crippen LogP contribution in [0.15, 0.2) is 40.1 Å². The summed E-state index contributed by atoms with van der Waals surface area (Å²) >= 11 is 0. The maximum absolute atomic E-state index is 12.6. The summed E-state index contributed by atoms with van der Waals surface area (Å²) in [5.41, 5.74) is 3.03. The Bertz CT molecular complexity index is 722. The molecule has 5 heteroatoms. The van der Waals surface area contributed by atoms with E-state index in [1.165, 1.54) is 0 Å². The third kappa shape index (κ3) is 2.90. The van der Waals surface area contributed by atoms with Crippen molar-refractivity contribution in [2.24, 2.45) is 4.99 Å². The molecule has 0 amide bonds. The van der Waals surface area contributed by atoms with Crippen LogP contribution < -0.4 is 5.56 Å². The van der Waals surface area contributed by atoms with E-state index in [1.807, 2.05) is 44.2 Å². The molecule has 22 heavy (non-hydrogen) atoms. The van der Waals surface area contributed by atoms with Crippen LogP contribution in [0.2, 0.25) is 0 Å². The average Bonchev–Trinajstić information content (AvgIpc) is 3.14. The van der Waals surface area contributed by atoms with Crippen LogP contribution in [0.3, 0.4) is 0 Å². The summed E-state index contributed by atoms with van der Waals surface area (Å²) in [7, 11) is 0. The molecule has 116 valence electrons. The van der Waals surface area contributed by atoms with E-state index in [9.17, 15) is 4.79 Å². The Morgan fingerprint density at radius 1 is 1.41 bits per heavy atom. The Hall–Kier alpha value is -2.14. The molecule has 2 heterocycles. The van der Waals surface area contributed by atoms with Crippen LogP contribution >= 0.6 is 0 Å². The molecular formula is C17H21N3O2. The van der Waals surface area contributed by atoms with E-state index < -0.39 is 0 Å². The SMILES string of the molecule is CC(=NC[C@@H]1CCCO1)c1c(C)[nH]n(-c2ccccc2)c1=O. The molecule has 0 aliphatic carbocycles. The Kier molecular flexibility index (Phi) is 4.24. The largest absolute Gasteiger partial charge is 0.376 e. The molecule has 1 saturated heterocycles. The van der Waals surface area contributed by atoms with Crippen LogP contribution in [-0.2, 0) is 4.74 Å². The van der Waals surface area contributed by atoms with Crippen molar-refractivity contribution in [1.29, 1.82) is 0 Å². The normalized spacial score (nSPS) is 18.8. The van der Waals surface area contributed by atoms with Gasteiger partial charge in [-0.2, -0.15) is 0 Å². The summed E-state index contributed by atoms with van der Waals surface area (Å²) in [5.74, 6) is 0. The highest BCUT2D eigenvalue weighted by atomic mass is 16.5. The van der Waals surface area contributed by atoms with E-state index in [-0.39, 0.29) is 11.7 Å². The third-order valence-corrected chi connectivity index (χ3v) is 4.00. The number of aromatic nitrogens is 2. The maximum Gasteiger partial charge on any atom is 0.280 e. The van der Waals surface area contributed by atoms with Gasteiger partial charge in [-0.1, -0.05) is 18.2 Å². The molecule has 1 fully saturated rings. The number of rotatable bonds is 4. The average molecular weight is 299 g/mol. The van der Waals surface area contributed by atoms with Gasteiger partial charge in [-0.25, -0.2) is 4.68 Å². The van der Waals surface area contributed by atoms with Gasteiger partial charge in [0.25, 0.3) is 5.56 Å². The number of para-hydroxylation sites is 1. The number of H-pyrrole nitrogens is 1. The first-order valence-electron chi connectivity index (χ1n) is 7.67. The van der Waals surface area contributed by atoms with Crippen molar-refractivity contribution in [3.8, 4) is 5.69 Å². The molecular weight excluding hydrogens is 278 g/mol. The van der Waals surface area contributed by atoms with Crippen molar-refractivity contribution in [1.82, 2.24) is 9.78 Å².